The topological polar surface area (TPSA) is 61.4 Å². The van der Waals surface area contributed by atoms with Crippen molar-refractivity contribution in [2.45, 2.75) is 0 Å². The molecule has 4 rings (SSSR count). The molecule has 3 aromatic rings. The molecule has 1 aliphatic rings. The van der Waals surface area contributed by atoms with E-state index in [-0.39, 0.29) is 5.91 Å². The SMILES string of the molecule is C=CC(=O)N1CCN(c2nc(NC)nc3cc(-c4ccccc4)c(Cl)cc23)CC1. The molecule has 0 atom stereocenters. The molecule has 1 aromatic heterocycles. The molecule has 0 saturated carbocycles. The van der Waals surface area contributed by atoms with Crippen LogP contribution in [0.2, 0.25) is 5.02 Å². The second-order valence-corrected chi connectivity index (χ2v) is 7.26. The van der Waals surface area contributed by atoms with E-state index in [9.17, 15) is 4.79 Å². The molecule has 0 spiro atoms. The van der Waals surface area contributed by atoms with Crippen molar-refractivity contribution in [2.75, 3.05) is 43.4 Å². The molecular formula is C22H22ClN5O. The molecule has 29 heavy (non-hydrogen) atoms. The van der Waals surface area contributed by atoms with Gasteiger partial charge in [0, 0.05) is 49.2 Å². The highest BCUT2D eigenvalue weighted by atomic mass is 35.5. The van der Waals surface area contributed by atoms with Gasteiger partial charge in [-0.1, -0.05) is 48.5 Å². The standard InChI is InChI=1S/C22H22ClN5O/c1-3-20(29)27-9-11-28(12-10-27)21-17-13-18(23)16(15-7-5-4-6-8-15)14-19(17)25-22(24-2)26-21/h3-8,13-14H,1,9-12H2,2H3,(H,24,25,26). The molecule has 0 aliphatic carbocycles. The van der Waals surface area contributed by atoms with Crippen molar-refractivity contribution < 1.29 is 4.79 Å². The number of nitrogens with zero attached hydrogens (tertiary/aromatic N) is 4. The van der Waals surface area contributed by atoms with E-state index in [1.807, 2.05) is 42.5 Å². The monoisotopic (exact) mass is 407 g/mol. The number of benzene rings is 2. The van der Waals surface area contributed by atoms with Gasteiger partial charge in [-0.05, 0) is 23.8 Å². The van der Waals surface area contributed by atoms with Crippen molar-refractivity contribution in [3.63, 3.8) is 0 Å². The van der Waals surface area contributed by atoms with E-state index in [1.165, 1.54) is 6.08 Å². The maximum Gasteiger partial charge on any atom is 0.246 e. The van der Waals surface area contributed by atoms with E-state index < -0.39 is 0 Å². The summed E-state index contributed by atoms with van der Waals surface area (Å²) in [6.07, 6.45) is 1.36. The van der Waals surface area contributed by atoms with E-state index in [0.717, 1.165) is 27.8 Å². The van der Waals surface area contributed by atoms with Crippen LogP contribution in [0.15, 0.2) is 55.1 Å². The first-order valence-electron chi connectivity index (χ1n) is 9.51. The van der Waals surface area contributed by atoms with Crippen LogP contribution >= 0.6 is 11.6 Å². The van der Waals surface area contributed by atoms with Gasteiger partial charge < -0.3 is 15.1 Å². The normalized spacial score (nSPS) is 14.1. The number of nitrogens with one attached hydrogen (secondary N) is 1. The Balaban J connectivity index is 1.75. The predicted molar refractivity (Wildman–Crippen MR) is 119 cm³/mol. The average molecular weight is 408 g/mol. The highest BCUT2D eigenvalue weighted by Crippen LogP contribution is 2.35. The van der Waals surface area contributed by atoms with Crippen molar-refractivity contribution in [1.29, 1.82) is 0 Å². The van der Waals surface area contributed by atoms with Crippen molar-refractivity contribution >= 4 is 40.2 Å². The second kappa shape index (κ2) is 8.09. The number of carbonyl (C=O) groups is 1. The zero-order valence-corrected chi connectivity index (χ0v) is 17.0. The summed E-state index contributed by atoms with van der Waals surface area (Å²) >= 11 is 6.65. The molecule has 1 N–H and O–H groups in total. The first-order valence-corrected chi connectivity index (χ1v) is 9.89. The number of halogens is 1. The molecule has 0 bridgehead atoms. The van der Waals surface area contributed by atoms with Crippen LogP contribution in [0.25, 0.3) is 22.0 Å². The molecule has 148 valence electrons. The summed E-state index contributed by atoms with van der Waals surface area (Å²) in [5.41, 5.74) is 2.81. The van der Waals surface area contributed by atoms with Crippen LogP contribution in [-0.2, 0) is 4.79 Å². The van der Waals surface area contributed by atoms with Gasteiger partial charge in [-0.2, -0.15) is 4.98 Å². The van der Waals surface area contributed by atoms with Gasteiger partial charge in [0.1, 0.15) is 5.82 Å². The van der Waals surface area contributed by atoms with Gasteiger partial charge in [-0.3, -0.25) is 4.79 Å². The Morgan fingerprint density at radius 2 is 1.86 bits per heavy atom. The molecular weight excluding hydrogens is 386 g/mol. The summed E-state index contributed by atoms with van der Waals surface area (Å²) in [7, 11) is 1.81. The minimum atomic E-state index is -0.0383. The number of anilines is 2. The summed E-state index contributed by atoms with van der Waals surface area (Å²) in [5, 5.41) is 4.61. The molecule has 1 amide bonds. The Kier molecular flexibility index (Phi) is 5.36. The summed E-state index contributed by atoms with van der Waals surface area (Å²) in [4.78, 5) is 25.2. The van der Waals surface area contributed by atoms with E-state index in [0.29, 0.717) is 37.1 Å². The summed E-state index contributed by atoms with van der Waals surface area (Å²) in [6, 6.07) is 14.0. The van der Waals surface area contributed by atoms with Gasteiger partial charge in [0.05, 0.1) is 5.52 Å². The Hall–Kier alpha value is -3.12. The number of piperazine rings is 1. The van der Waals surface area contributed by atoms with Crippen molar-refractivity contribution in [3.8, 4) is 11.1 Å². The number of hydrogen-bond acceptors (Lipinski definition) is 5. The van der Waals surface area contributed by atoms with Crippen LogP contribution in [0.1, 0.15) is 0 Å². The molecule has 0 unspecified atom stereocenters. The number of rotatable bonds is 4. The summed E-state index contributed by atoms with van der Waals surface area (Å²) in [5.74, 6) is 1.34. The number of carbonyl (C=O) groups excluding carboxylic acids is 1. The predicted octanol–water partition coefficient (Wildman–Crippen LogP) is 3.83. The highest BCUT2D eigenvalue weighted by molar-refractivity contribution is 6.34. The van der Waals surface area contributed by atoms with E-state index in [2.05, 4.69) is 21.8 Å². The van der Waals surface area contributed by atoms with Gasteiger partial charge in [0.2, 0.25) is 11.9 Å². The lowest BCUT2D eigenvalue weighted by Crippen LogP contribution is -2.48. The Labute approximate surface area is 174 Å². The van der Waals surface area contributed by atoms with Crippen LogP contribution in [-0.4, -0.2) is 54.0 Å². The van der Waals surface area contributed by atoms with Crippen molar-refractivity contribution in [1.82, 2.24) is 14.9 Å². The maximum absolute atomic E-state index is 11.9. The fourth-order valence-corrected chi connectivity index (χ4v) is 3.87. The van der Waals surface area contributed by atoms with Crippen LogP contribution in [0, 0.1) is 0 Å². The van der Waals surface area contributed by atoms with E-state index in [1.54, 1.807) is 11.9 Å². The number of hydrogen-bond donors (Lipinski definition) is 1. The lowest BCUT2D eigenvalue weighted by molar-refractivity contribution is -0.126. The molecule has 1 aliphatic heterocycles. The lowest BCUT2D eigenvalue weighted by Gasteiger charge is -2.35. The Bertz CT molecular complexity index is 1060. The highest BCUT2D eigenvalue weighted by Gasteiger charge is 2.23. The Morgan fingerprint density at radius 3 is 2.52 bits per heavy atom. The minimum Gasteiger partial charge on any atom is -0.357 e. The third-order valence-corrected chi connectivity index (χ3v) is 5.45. The largest absolute Gasteiger partial charge is 0.357 e. The first kappa shape index (κ1) is 19.2. The van der Waals surface area contributed by atoms with Gasteiger partial charge >= 0.3 is 0 Å². The fraction of sp³-hybridized carbons (Fsp3) is 0.227. The quantitative estimate of drug-likeness (QED) is 0.666. The van der Waals surface area contributed by atoms with Crippen molar-refractivity contribution in [2.24, 2.45) is 0 Å². The molecule has 1 saturated heterocycles. The maximum atomic E-state index is 11.9. The van der Waals surface area contributed by atoms with Gasteiger partial charge in [-0.25, -0.2) is 4.98 Å². The number of fused-ring (bicyclic) bond motifs is 1. The van der Waals surface area contributed by atoms with Crippen molar-refractivity contribution in [3.05, 3.63) is 60.1 Å². The minimum absolute atomic E-state index is 0.0383. The smallest absolute Gasteiger partial charge is 0.246 e. The molecule has 6 nitrogen and oxygen atoms in total. The molecule has 0 radical (unpaired) electrons. The summed E-state index contributed by atoms with van der Waals surface area (Å²) < 4.78 is 0. The van der Waals surface area contributed by atoms with E-state index >= 15 is 0 Å². The van der Waals surface area contributed by atoms with Crippen LogP contribution in [0.3, 0.4) is 0 Å². The number of aromatic nitrogens is 2. The molecule has 2 aromatic carbocycles. The zero-order valence-electron chi connectivity index (χ0n) is 16.2. The van der Waals surface area contributed by atoms with Crippen LogP contribution < -0.4 is 10.2 Å². The molecule has 1 fully saturated rings. The number of amides is 1. The molecule has 7 heteroatoms. The second-order valence-electron chi connectivity index (χ2n) is 6.85. The average Bonchev–Trinajstić information content (AvgIpc) is 2.78. The van der Waals surface area contributed by atoms with Gasteiger partial charge in [0.15, 0.2) is 0 Å². The zero-order chi connectivity index (χ0) is 20.4. The molecule has 2 heterocycles. The van der Waals surface area contributed by atoms with Crippen LogP contribution in [0.5, 0.6) is 0 Å². The Morgan fingerprint density at radius 1 is 1.14 bits per heavy atom. The fourth-order valence-electron chi connectivity index (χ4n) is 3.59. The van der Waals surface area contributed by atoms with E-state index in [4.69, 9.17) is 16.6 Å². The van der Waals surface area contributed by atoms with Gasteiger partial charge in [0.25, 0.3) is 0 Å². The lowest BCUT2D eigenvalue weighted by atomic mass is 10.0. The first-order chi connectivity index (χ1) is 14.1. The van der Waals surface area contributed by atoms with Gasteiger partial charge in [-0.15, -0.1) is 0 Å². The summed E-state index contributed by atoms with van der Waals surface area (Å²) in [6.45, 7) is 6.20. The third-order valence-electron chi connectivity index (χ3n) is 5.14. The third kappa shape index (κ3) is 3.76. The van der Waals surface area contributed by atoms with Crippen LogP contribution in [0.4, 0.5) is 11.8 Å².